The Morgan fingerprint density at radius 1 is 1.29 bits per heavy atom. The molecule has 24 heavy (non-hydrogen) atoms. The van der Waals surface area contributed by atoms with Gasteiger partial charge in [-0.25, -0.2) is 0 Å². The van der Waals surface area contributed by atoms with Crippen LogP contribution in [0, 0.1) is 6.92 Å². The Kier molecular flexibility index (Phi) is 5.05. The molecular formula is C18H20N4OS. The normalized spacial score (nSPS) is 13.9. The van der Waals surface area contributed by atoms with Crippen molar-refractivity contribution in [1.29, 1.82) is 0 Å². The summed E-state index contributed by atoms with van der Waals surface area (Å²) < 4.78 is 0. The number of thiocarbonyl (C=S) groups is 1. The molecule has 1 aromatic heterocycles. The van der Waals surface area contributed by atoms with Crippen LogP contribution in [0.15, 0.2) is 42.7 Å². The van der Waals surface area contributed by atoms with Crippen molar-refractivity contribution in [1.82, 2.24) is 10.3 Å². The van der Waals surface area contributed by atoms with Crippen molar-refractivity contribution < 1.29 is 4.79 Å². The second kappa shape index (κ2) is 7.40. The molecule has 1 fully saturated rings. The Morgan fingerprint density at radius 3 is 2.79 bits per heavy atom. The van der Waals surface area contributed by atoms with Gasteiger partial charge in [-0.1, -0.05) is 6.07 Å². The number of hydrogen-bond donors (Lipinski definition) is 2. The summed E-state index contributed by atoms with van der Waals surface area (Å²) in [5, 5.41) is 6.91. The van der Waals surface area contributed by atoms with E-state index in [9.17, 15) is 4.79 Å². The molecule has 1 aliphatic heterocycles. The summed E-state index contributed by atoms with van der Waals surface area (Å²) in [7, 11) is 0. The van der Waals surface area contributed by atoms with Crippen molar-refractivity contribution in [3.05, 3.63) is 53.9 Å². The minimum atomic E-state index is 0.189. The SMILES string of the molecule is Cc1ccc(NC(=S)NCc2ccncc2)cc1N1CCCC1=O. The molecule has 0 aliphatic carbocycles. The number of carbonyl (C=O) groups excluding carboxylic acids is 1. The van der Waals surface area contributed by atoms with Crippen LogP contribution in [0.4, 0.5) is 11.4 Å². The van der Waals surface area contributed by atoms with Crippen molar-refractivity contribution in [2.45, 2.75) is 26.3 Å². The van der Waals surface area contributed by atoms with Gasteiger partial charge in [0.15, 0.2) is 5.11 Å². The highest BCUT2D eigenvalue weighted by Gasteiger charge is 2.23. The lowest BCUT2D eigenvalue weighted by atomic mass is 10.1. The molecule has 1 saturated heterocycles. The number of rotatable bonds is 4. The summed E-state index contributed by atoms with van der Waals surface area (Å²) >= 11 is 5.35. The summed E-state index contributed by atoms with van der Waals surface area (Å²) in [5.74, 6) is 0.189. The molecule has 0 saturated carbocycles. The maximum absolute atomic E-state index is 12.0. The maximum atomic E-state index is 12.0. The lowest BCUT2D eigenvalue weighted by molar-refractivity contribution is -0.117. The predicted octanol–water partition coefficient (Wildman–Crippen LogP) is 3.00. The van der Waals surface area contributed by atoms with Gasteiger partial charge in [-0.15, -0.1) is 0 Å². The Hall–Kier alpha value is -2.47. The number of benzene rings is 1. The standard InChI is InChI=1S/C18H20N4OS/c1-13-4-5-15(11-16(13)22-10-2-3-17(22)23)21-18(24)20-12-14-6-8-19-9-7-14/h4-9,11H,2-3,10,12H2,1H3,(H2,20,21,24). The molecular weight excluding hydrogens is 320 g/mol. The molecule has 3 rings (SSSR count). The Bertz CT molecular complexity index is 748. The van der Waals surface area contributed by atoms with Crippen LogP contribution in [0.2, 0.25) is 0 Å². The van der Waals surface area contributed by atoms with Crippen molar-refractivity contribution in [2.75, 3.05) is 16.8 Å². The van der Waals surface area contributed by atoms with Crippen LogP contribution >= 0.6 is 12.2 Å². The third kappa shape index (κ3) is 3.89. The highest BCUT2D eigenvalue weighted by Crippen LogP contribution is 2.28. The van der Waals surface area contributed by atoms with Crippen LogP contribution in [-0.4, -0.2) is 22.5 Å². The van der Waals surface area contributed by atoms with Gasteiger partial charge in [0.1, 0.15) is 0 Å². The van der Waals surface area contributed by atoms with E-state index in [-0.39, 0.29) is 5.91 Å². The first-order chi connectivity index (χ1) is 11.6. The van der Waals surface area contributed by atoms with Crippen LogP contribution in [-0.2, 0) is 11.3 Å². The van der Waals surface area contributed by atoms with Crippen molar-refractivity contribution in [2.24, 2.45) is 0 Å². The van der Waals surface area contributed by atoms with Gasteiger partial charge in [-0.2, -0.15) is 0 Å². The van der Waals surface area contributed by atoms with E-state index in [2.05, 4.69) is 15.6 Å². The molecule has 0 bridgehead atoms. The van der Waals surface area contributed by atoms with Gasteiger partial charge in [0.2, 0.25) is 5.91 Å². The van der Waals surface area contributed by atoms with Crippen LogP contribution in [0.5, 0.6) is 0 Å². The van der Waals surface area contributed by atoms with Gasteiger partial charge in [-0.3, -0.25) is 9.78 Å². The molecule has 1 aromatic carbocycles. The third-order valence-corrected chi connectivity index (χ3v) is 4.28. The van der Waals surface area contributed by atoms with Crippen LogP contribution in [0.3, 0.4) is 0 Å². The largest absolute Gasteiger partial charge is 0.358 e. The van der Waals surface area contributed by atoms with Gasteiger partial charge >= 0.3 is 0 Å². The number of pyridine rings is 1. The van der Waals surface area contributed by atoms with Gasteiger partial charge in [0, 0.05) is 43.3 Å². The zero-order valence-electron chi connectivity index (χ0n) is 13.6. The summed E-state index contributed by atoms with van der Waals surface area (Å²) in [6.45, 7) is 3.44. The van der Waals surface area contributed by atoms with Gasteiger partial charge in [0.25, 0.3) is 0 Å². The van der Waals surface area contributed by atoms with E-state index >= 15 is 0 Å². The second-order valence-corrected chi connectivity index (χ2v) is 6.22. The van der Waals surface area contributed by atoms with E-state index in [4.69, 9.17) is 12.2 Å². The average molecular weight is 340 g/mol. The first-order valence-corrected chi connectivity index (χ1v) is 8.39. The number of aryl methyl sites for hydroxylation is 1. The van der Waals surface area contributed by atoms with Crippen molar-refractivity contribution in [3.63, 3.8) is 0 Å². The molecule has 1 aliphatic rings. The Balaban J connectivity index is 1.64. The molecule has 2 N–H and O–H groups in total. The number of nitrogens with zero attached hydrogens (tertiary/aromatic N) is 2. The Labute approximate surface area is 147 Å². The lowest BCUT2D eigenvalue weighted by Crippen LogP contribution is -2.28. The molecule has 2 aromatic rings. The fourth-order valence-corrected chi connectivity index (χ4v) is 2.93. The minimum Gasteiger partial charge on any atom is -0.358 e. The molecule has 0 radical (unpaired) electrons. The molecule has 0 atom stereocenters. The van der Waals surface area contributed by atoms with E-state index in [1.54, 1.807) is 12.4 Å². The average Bonchev–Trinajstić information content (AvgIpc) is 3.01. The smallest absolute Gasteiger partial charge is 0.227 e. The van der Waals surface area contributed by atoms with Crippen molar-refractivity contribution >= 4 is 34.6 Å². The van der Waals surface area contributed by atoms with E-state index in [0.717, 1.165) is 35.5 Å². The Morgan fingerprint density at radius 2 is 2.08 bits per heavy atom. The summed E-state index contributed by atoms with van der Waals surface area (Å²) in [6.07, 6.45) is 5.06. The summed E-state index contributed by atoms with van der Waals surface area (Å²) in [6, 6.07) is 9.85. The van der Waals surface area contributed by atoms with Gasteiger partial charge < -0.3 is 15.5 Å². The third-order valence-electron chi connectivity index (χ3n) is 4.03. The molecule has 0 spiro atoms. The van der Waals surface area contributed by atoms with Crippen LogP contribution < -0.4 is 15.5 Å². The monoisotopic (exact) mass is 340 g/mol. The zero-order valence-corrected chi connectivity index (χ0v) is 14.4. The predicted molar refractivity (Wildman–Crippen MR) is 100 cm³/mol. The van der Waals surface area contributed by atoms with Gasteiger partial charge in [0.05, 0.1) is 0 Å². The fraction of sp³-hybridized carbons (Fsp3) is 0.278. The van der Waals surface area contributed by atoms with E-state index in [0.29, 0.717) is 18.1 Å². The molecule has 0 unspecified atom stereocenters. The number of anilines is 2. The first-order valence-electron chi connectivity index (χ1n) is 7.98. The summed E-state index contributed by atoms with van der Waals surface area (Å²) in [4.78, 5) is 17.8. The maximum Gasteiger partial charge on any atom is 0.227 e. The van der Waals surface area contributed by atoms with E-state index in [1.165, 1.54) is 0 Å². The number of carbonyl (C=O) groups is 1. The molecule has 124 valence electrons. The highest BCUT2D eigenvalue weighted by molar-refractivity contribution is 7.80. The topological polar surface area (TPSA) is 57.3 Å². The zero-order chi connectivity index (χ0) is 16.9. The van der Waals surface area contributed by atoms with Crippen LogP contribution in [0.25, 0.3) is 0 Å². The lowest BCUT2D eigenvalue weighted by Gasteiger charge is -2.20. The quantitative estimate of drug-likeness (QED) is 0.838. The summed E-state index contributed by atoms with van der Waals surface area (Å²) in [5.41, 5.74) is 4.04. The molecule has 6 heteroatoms. The van der Waals surface area contributed by atoms with Crippen LogP contribution in [0.1, 0.15) is 24.0 Å². The second-order valence-electron chi connectivity index (χ2n) is 5.81. The molecule has 2 heterocycles. The first kappa shape index (κ1) is 16.4. The number of aromatic nitrogens is 1. The minimum absolute atomic E-state index is 0.189. The van der Waals surface area contributed by atoms with E-state index in [1.807, 2.05) is 42.2 Å². The number of amides is 1. The number of hydrogen-bond acceptors (Lipinski definition) is 3. The fourth-order valence-electron chi connectivity index (χ4n) is 2.74. The number of nitrogens with one attached hydrogen (secondary N) is 2. The molecule has 5 nitrogen and oxygen atoms in total. The highest BCUT2D eigenvalue weighted by atomic mass is 32.1. The van der Waals surface area contributed by atoms with E-state index < -0.39 is 0 Å². The van der Waals surface area contributed by atoms with Crippen molar-refractivity contribution in [3.8, 4) is 0 Å². The molecule has 1 amide bonds. The van der Waals surface area contributed by atoms with Gasteiger partial charge in [-0.05, 0) is 61.0 Å².